The van der Waals surface area contributed by atoms with Gasteiger partial charge in [-0.15, -0.1) is 0 Å². The Morgan fingerprint density at radius 3 is 2.59 bits per heavy atom. The van der Waals surface area contributed by atoms with Crippen LogP contribution in [0, 0.1) is 6.92 Å². The molecule has 0 aliphatic rings. The predicted molar refractivity (Wildman–Crippen MR) is 68.7 cm³/mol. The molecule has 0 bridgehead atoms. The van der Waals surface area contributed by atoms with E-state index >= 15 is 0 Å². The minimum Gasteiger partial charge on any atom is -0.478 e. The van der Waals surface area contributed by atoms with Gasteiger partial charge >= 0.3 is 5.97 Å². The van der Waals surface area contributed by atoms with Gasteiger partial charge in [-0.1, -0.05) is 19.1 Å². The molecule has 3 nitrogen and oxygen atoms in total. The Morgan fingerprint density at radius 1 is 1.35 bits per heavy atom. The topological polar surface area (TPSA) is 42.2 Å². The molecule has 1 N–H and O–H groups in total. The molecule has 0 saturated heterocycles. The Hall–Kier alpha value is -1.77. The molecule has 3 heteroatoms. The first-order valence-electron chi connectivity index (χ1n) is 5.95. The van der Waals surface area contributed by atoms with E-state index in [0.717, 1.165) is 23.9 Å². The van der Waals surface area contributed by atoms with Gasteiger partial charge in [-0.25, -0.2) is 4.79 Å². The van der Waals surface area contributed by atoms with E-state index in [0.29, 0.717) is 5.56 Å². The van der Waals surface area contributed by atoms with E-state index in [1.54, 1.807) is 6.07 Å². The molecule has 0 spiro atoms. The fourth-order valence-corrected chi connectivity index (χ4v) is 2.62. The number of carboxylic acids is 1. The van der Waals surface area contributed by atoms with E-state index in [4.69, 9.17) is 0 Å². The first-order chi connectivity index (χ1) is 8.11. The first-order valence-corrected chi connectivity index (χ1v) is 5.95. The Morgan fingerprint density at radius 2 is 2.06 bits per heavy atom. The zero-order valence-corrected chi connectivity index (χ0v) is 10.4. The van der Waals surface area contributed by atoms with Gasteiger partial charge in [0.1, 0.15) is 0 Å². The summed E-state index contributed by atoms with van der Waals surface area (Å²) in [5.74, 6) is -0.856. The molecule has 1 aromatic carbocycles. The average Bonchev–Trinajstić information content (AvgIpc) is 2.59. The molecule has 0 unspecified atom stereocenters. The van der Waals surface area contributed by atoms with Crippen molar-refractivity contribution in [1.82, 2.24) is 4.57 Å². The lowest BCUT2D eigenvalue weighted by Gasteiger charge is -2.06. The number of fused-ring (bicyclic) bond motifs is 1. The number of nitrogens with zero attached hydrogens (tertiary/aromatic N) is 1. The van der Waals surface area contributed by atoms with Crippen molar-refractivity contribution in [2.75, 3.05) is 0 Å². The number of hydrogen-bond donors (Lipinski definition) is 1. The SMILES string of the molecule is CCc1c(C)n(CC)c2c(C(=O)O)cccc12. The molecular formula is C14H17NO2. The maximum Gasteiger partial charge on any atom is 0.337 e. The molecule has 1 heterocycles. The third-order valence-corrected chi connectivity index (χ3v) is 3.37. The van der Waals surface area contributed by atoms with Crippen LogP contribution in [0.2, 0.25) is 0 Å². The lowest BCUT2D eigenvalue weighted by atomic mass is 10.1. The number of benzene rings is 1. The highest BCUT2D eigenvalue weighted by atomic mass is 16.4. The number of hydrogen-bond acceptors (Lipinski definition) is 1. The molecular weight excluding hydrogens is 214 g/mol. The van der Waals surface area contributed by atoms with Crippen LogP contribution in [0.25, 0.3) is 10.9 Å². The second-order valence-corrected chi connectivity index (χ2v) is 4.17. The monoisotopic (exact) mass is 231 g/mol. The van der Waals surface area contributed by atoms with Crippen molar-refractivity contribution in [3.8, 4) is 0 Å². The van der Waals surface area contributed by atoms with E-state index in [2.05, 4.69) is 18.4 Å². The molecule has 90 valence electrons. The summed E-state index contributed by atoms with van der Waals surface area (Å²) in [6.07, 6.45) is 0.929. The van der Waals surface area contributed by atoms with Gasteiger partial charge in [0.15, 0.2) is 0 Å². The van der Waals surface area contributed by atoms with E-state index < -0.39 is 5.97 Å². The lowest BCUT2D eigenvalue weighted by Crippen LogP contribution is -2.03. The summed E-state index contributed by atoms with van der Waals surface area (Å²) in [5, 5.41) is 10.3. The van der Waals surface area contributed by atoms with Crippen LogP contribution in [-0.2, 0) is 13.0 Å². The number of rotatable bonds is 3. The third kappa shape index (κ3) is 1.62. The Bertz CT molecular complexity index is 581. The molecule has 0 atom stereocenters. The molecule has 0 radical (unpaired) electrons. The molecule has 0 amide bonds. The summed E-state index contributed by atoms with van der Waals surface area (Å²) in [6.45, 7) is 7.01. The molecule has 2 rings (SSSR count). The van der Waals surface area contributed by atoms with Crippen molar-refractivity contribution in [3.63, 3.8) is 0 Å². The largest absolute Gasteiger partial charge is 0.478 e. The minimum atomic E-state index is -0.856. The summed E-state index contributed by atoms with van der Waals surface area (Å²) < 4.78 is 2.09. The highest BCUT2D eigenvalue weighted by molar-refractivity contribution is 6.03. The zero-order chi connectivity index (χ0) is 12.6. The first kappa shape index (κ1) is 11.7. The summed E-state index contributed by atoms with van der Waals surface area (Å²) >= 11 is 0. The fourth-order valence-electron chi connectivity index (χ4n) is 2.62. The second-order valence-electron chi connectivity index (χ2n) is 4.17. The van der Waals surface area contributed by atoms with Crippen LogP contribution in [0.5, 0.6) is 0 Å². The average molecular weight is 231 g/mol. The molecule has 0 saturated carbocycles. The van der Waals surface area contributed by atoms with Gasteiger partial charge in [0.25, 0.3) is 0 Å². The van der Waals surface area contributed by atoms with Gasteiger partial charge in [0, 0.05) is 17.6 Å². The Labute approximate surface area is 101 Å². The number of aryl methyl sites for hydroxylation is 2. The van der Waals surface area contributed by atoms with Crippen LogP contribution in [0.15, 0.2) is 18.2 Å². The van der Waals surface area contributed by atoms with Crippen LogP contribution >= 0.6 is 0 Å². The predicted octanol–water partition coefficient (Wildman–Crippen LogP) is 3.23. The van der Waals surface area contributed by atoms with Crippen LogP contribution in [0.1, 0.15) is 35.5 Å². The van der Waals surface area contributed by atoms with Gasteiger partial charge in [0.2, 0.25) is 0 Å². The quantitative estimate of drug-likeness (QED) is 0.881. The van der Waals surface area contributed by atoms with E-state index in [1.807, 2.05) is 19.1 Å². The molecule has 0 aliphatic carbocycles. The van der Waals surface area contributed by atoms with Crippen LogP contribution in [0.3, 0.4) is 0 Å². The van der Waals surface area contributed by atoms with Gasteiger partial charge in [0.05, 0.1) is 11.1 Å². The number of carboxylic acid groups (broad SMARTS) is 1. The Balaban J connectivity index is 2.94. The van der Waals surface area contributed by atoms with Crippen LogP contribution < -0.4 is 0 Å². The standard InChI is InChI=1S/C14H17NO2/c1-4-10-9(3)15(5-2)13-11(10)7-6-8-12(13)14(16)17/h6-8H,4-5H2,1-3H3,(H,16,17). The number of carbonyl (C=O) groups is 1. The highest BCUT2D eigenvalue weighted by Gasteiger charge is 2.17. The second kappa shape index (κ2) is 4.24. The normalized spacial score (nSPS) is 11.0. The van der Waals surface area contributed by atoms with Crippen molar-refractivity contribution in [2.45, 2.75) is 33.7 Å². The van der Waals surface area contributed by atoms with Crippen molar-refractivity contribution in [3.05, 3.63) is 35.0 Å². The summed E-state index contributed by atoms with van der Waals surface area (Å²) in [5.41, 5.74) is 3.69. The minimum absolute atomic E-state index is 0.396. The molecule has 2 aromatic rings. The maximum atomic E-state index is 11.3. The van der Waals surface area contributed by atoms with Crippen molar-refractivity contribution >= 4 is 16.9 Å². The Kier molecular flexibility index (Phi) is 2.92. The van der Waals surface area contributed by atoms with Crippen LogP contribution in [-0.4, -0.2) is 15.6 Å². The van der Waals surface area contributed by atoms with Crippen molar-refractivity contribution in [1.29, 1.82) is 0 Å². The zero-order valence-electron chi connectivity index (χ0n) is 10.4. The number of aromatic carboxylic acids is 1. The smallest absolute Gasteiger partial charge is 0.337 e. The van der Waals surface area contributed by atoms with Gasteiger partial charge in [-0.3, -0.25) is 0 Å². The summed E-state index contributed by atoms with van der Waals surface area (Å²) in [4.78, 5) is 11.3. The molecule has 17 heavy (non-hydrogen) atoms. The molecule has 0 fully saturated rings. The number of aromatic nitrogens is 1. The van der Waals surface area contributed by atoms with E-state index in [9.17, 15) is 9.90 Å². The van der Waals surface area contributed by atoms with Crippen molar-refractivity contribution in [2.24, 2.45) is 0 Å². The fraction of sp³-hybridized carbons (Fsp3) is 0.357. The molecule has 1 aromatic heterocycles. The maximum absolute atomic E-state index is 11.3. The highest BCUT2D eigenvalue weighted by Crippen LogP contribution is 2.29. The van der Waals surface area contributed by atoms with Gasteiger partial charge < -0.3 is 9.67 Å². The molecule has 0 aliphatic heterocycles. The van der Waals surface area contributed by atoms with Gasteiger partial charge in [-0.05, 0) is 31.9 Å². The third-order valence-electron chi connectivity index (χ3n) is 3.37. The summed E-state index contributed by atoms with van der Waals surface area (Å²) in [7, 11) is 0. The summed E-state index contributed by atoms with van der Waals surface area (Å²) in [6, 6.07) is 5.51. The van der Waals surface area contributed by atoms with E-state index in [1.165, 1.54) is 11.3 Å². The lowest BCUT2D eigenvalue weighted by molar-refractivity contribution is 0.0698. The number of para-hydroxylation sites is 1. The van der Waals surface area contributed by atoms with Crippen LogP contribution in [0.4, 0.5) is 0 Å². The van der Waals surface area contributed by atoms with Gasteiger partial charge in [-0.2, -0.15) is 0 Å². The van der Waals surface area contributed by atoms with Crippen molar-refractivity contribution < 1.29 is 9.90 Å². The van der Waals surface area contributed by atoms with E-state index in [-0.39, 0.29) is 0 Å².